The van der Waals surface area contributed by atoms with E-state index in [1.807, 2.05) is 0 Å². The first-order valence-corrected chi connectivity index (χ1v) is 6.68. The molecule has 2 unspecified atom stereocenters. The molecular weight excluding hydrogens is 266 g/mol. The van der Waals surface area contributed by atoms with Crippen LogP contribution in [0.1, 0.15) is 24.8 Å². The fourth-order valence-corrected chi connectivity index (χ4v) is 2.31. The molecule has 2 amide bonds. The van der Waals surface area contributed by atoms with Gasteiger partial charge in [-0.3, -0.25) is 0 Å². The summed E-state index contributed by atoms with van der Waals surface area (Å²) in [6.07, 6.45) is 0.528. The highest BCUT2D eigenvalue weighted by Gasteiger charge is 2.43. The van der Waals surface area contributed by atoms with E-state index in [4.69, 9.17) is 5.11 Å². The van der Waals surface area contributed by atoms with Crippen molar-refractivity contribution in [1.29, 1.82) is 0 Å². The van der Waals surface area contributed by atoms with E-state index in [0.29, 0.717) is 13.0 Å². The van der Waals surface area contributed by atoms with Gasteiger partial charge in [-0.25, -0.2) is 13.6 Å². The summed E-state index contributed by atoms with van der Waals surface area (Å²) >= 11 is 0. The third kappa shape index (κ3) is 3.07. The second kappa shape index (κ2) is 6.17. The monoisotopic (exact) mass is 284 g/mol. The van der Waals surface area contributed by atoms with Gasteiger partial charge in [0.1, 0.15) is 11.6 Å². The second-order valence-corrected chi connectivity index (χ2v) is 4.84. The van der Waals surface area contributed by atoms with E-state index in [0.717, 1.165) is 0 Å². The number of likely N-dealkylation sites (N-methyl/N-ethyl adjacent to an activating group) is 1. The van der Waals surface area contributed by atoms with Gasteiger partial charge >= 0.3 is 6.03 Å². The highest BCUT2D eigenvalue weighted by atomic mass is 19.1. The Balaban J connectivity index is 1.97. The van der Waals surface area contributed by atoms with Crippen molar-refractivity contribution >= 4 is 6.03 Å². The number of hydrogen-bond donors (Lipinski definition) is 2. The Kier molecular flexibility index (Phi) is 4.54. The number of carbonyl (C=O) groups is 1. The first-order valence-electron chi connectivity index (χ1n) is 6.68. The van der Waals surface area contributed by atoms with Crippen LogP contribution in [0.25, 0.3) is 0 Å². The summed E-state index contributed by atoms with van der Waals surface area (Å²) in [5.41, 5.74) is 0.0445. The summed E-state index contributed by atoms with van der Waals surface area (Å²) in [6, 6.07) is 3.20. The van der Waals surface area contributed by atoms with Crippen LogP contribution in [0, 0.1) is 11.6 Å². The maximum atomic E-state index is 13.6. The molecule has 110 valence electrons. The molecule has 0 heterocycles. The van der Waals surface area contributed by atoms with E-state index >= 15 is 0 Å². The highest BCUT2D eigenvalue weighted by molar-refractivity contribution is 5.75. The smallest absolute Gasteiger partial charge is 0.317 e. The minimum absolute atomic E-state index is 0.0445. The fraction of sp³-hybridized carbons (Fsp3) is 0.500. The van der Waals surface area contributed by atoms with Gasteiger partial charge in [0.15, 0.2) is 0 Å². The Morgan fingerprint density at radius 1 is 1.45 bits per heavy atom. The maximum Gasteiger partial charge on any atom is 0.317 e. The molecule has 2 rings (SSSR count). The van der Waals surface area contributed by atoms with Gasteiger partial charge in [0.2, 0.25) is 0 Å². The Bertz CT molecular complexity index is 476. The van der Waals surface area contributed by atoms with Gasteiger partial charge in [-0.05, 0) is 25.5 Å². The largest absolute Gasteiger partial charge is 0.395 e. The molecule has 0 aliphatic heterocycles. The van der Waals surface area contributed by atoms with E-state index < -0.39 is 11.6 Å². The molecule has 0 radical (unpaired) electrons. The van der Waals surface area contributed by atoms with Gasteiger partial charge < -0.3 is 15.3 Å². The molecule has 0 aromatic heterocycles. The topological polar surface area (TPSA) is 52.6 Å². The number of amides is 2. The Hall–Kier alpha value is -1.69. The molecule has 1 saturated carbocycles. The Morgan fingerprint density at radius 2 is 2.10 bits per heavy atom. The molecule has 1 aromatic rings. The van der Waals surface area contributed by atoms with Crippen molar-refractivity contribution in [2.45, 2.75) is 25.3 Å². The molecule has 0 saturated heterocycles. The van der Waals surface area contributed by atoms with Gasteiger partial charge in [-0.15, -0.1) is 0 Å². The SMILES string of the molecule is CCN(CCO)C(=O)NC1CC1c1c(F)cccc1F. The van der Waals surface area contributed by atoms with Gasteiger partial charge in [-0.2, -0.15) is 0 Å². The molecule has 20 heavy (non-hydrogen) atoms. The molecule has 1 aliphatic rings. The first kappa shape index (κ1) is 14.7. The molecule has 6 heteroatoms. The zero-order valence-corrected chi connectivity index (χ0v) is 11.3. The summed E-state index contributed by atoms with van der Waals surface area (Å²) in [5, 5.41) is 11.6. The number of nitrogens with zero attached hydrogens (tertiary/aromatic N) is 1. The van der Waals surface area contributed by atoms with Crippen molar-refractivity contribution in [3.8, 4) is 0 Å². The second-order valence-electron chi connectivity index (χ2n) is 4.84. The van der Waals surface area contributed by atoms with E-state index in [1.54, 1.807) is 6.92 Å². The Labute approximate surface area is 116 Å². The maximum absolute atomic E-state index is 13.6. The number of halogens is 2. The quantitative estimate of drug-likeness (QED) is 0.867. The number of aliphatic hydroxyl groups is 1. The predicted octanol–water partition coefficient (Wildman–Crippen LogP) is 1.84. The minimum Gasteiger partial charge on any atom is -0.395 e. The standard InChI is InChI=1S/C14H18F2N2O2/c1-2-18(6-7-19)14(20)17-12-8-9(12)13-10(15)4-3-5-11(13)16/h3-5,9,12,19H,2,6-8H2,1H3,(H,17,20). The normalized spacial score (nSPS) is 20.6. The number of aliphatic hydroxyl groups excluding tert-OH is 1. The average molecular weight is 284 g/mol. The van der Waals surface area contributed by atoms with Crippen LogP contribution >= 0.6 is 0 Å². The summed E-state index contributed by atoms with van der Waals surface area (Å²) in [7, 11) is 0. The van der Waals surface area contributed by atoms with Gasteiger partial charge in [0.25, 0.3) is 0 Å². The van der Waals surface area contributed by atoms with Crippen LogP contribution in [0.2, 0.25) is 0 Å². The van der Waals surface area contributed by atoms with Crippen molar-refractivity contribution in [3.05, 3.63) is 35.4 Å². The molecule has 0 spiro atoms. The zero-order chi connectivity index (χ0) is 14.7. The van der Waals surface area contributed by atoms with Crippen molar-refractivity contribution in [2.75, 3.05) is 19.7 Å². The molecule has 1 fully saturated rings. The minimum atomic E-state index is -0.575. The van der Waals surface area contributed by atoms with Gasteiger partial charge in [-0.1, -0.05) is 6.07 Å². The highest BCUT2D eigenvalue weighted by Crippen LogP contribution is 2.43. The predicted molar refractivity (Wildman–Crippen MR) is 70.4 cm³/mol. The summed E-state index contributed by atoms with van der Waals surface area (Å²) in [4.78, 5) is 13.3. The van der Waals surface area contributed by atoms with Crippen molar-refractivity contribution in [1.82, 2.24) is 10.2 Å². The third-order valence-electron chi connectivity index (χ3n) is 3.51. The molecule has 4 nitrogen and oxygen atoms in total. The number of nitrogens with one attached hydrogen (secondary N) is 1. The number of hydrogen-bond acceptors (Lipinski definition) is 2. The molecule has 1 aliphatic carbocycles. The fourth-order valence-electron chi connectivity index (χ4n) is 2.31. The van der Waals surface area contributed by atoms with Crippen LogP contribution in [0.5, 0.6) is 0 Å². The number of urea groups is 1. The van der Waals surface area contributed by atoms with Gasteiger partial charge in [0.05, 0.1) is 6.61 Å². The van der Waals surface area contributed by atoms with Crippen LogP contribution in [0.15, 0.2) is 18.2 Å². The molecule has 2 N–H and O–H groups in total. The van der Waals surface area contributed by atoms with Crippen LogP contribution in [0.3, 0.4) is 0 Å². The lowest BCUT2D eigenvalue weighted by molar-refractivity contribution is 0.180. The zero-order valence-electron chi connectivity index (χ0n) is 11.3. The Morgan fingerprint density at radius 3 is 2.65 bits per heavy atom. The van der Waals surface area contributed by atoms with Crippen LogP contribution in [-0.4, -0.2) is 41.8 Å². The first-order chi connectivity index (χ1) is 9.58. The molecule has 0 bridgehead atoms. The lowest BCUT2D eigenvalue weighted by Gasteiger charge is -2.20. The molecular formula is C14H18F2N2O2. The van der Waals surface area contributed by atoms with Crippen LogP contribution in [0.4, 0.5) is 13.6 Å². The summed E-state index contributed by atoms with van der Waals surface area (Å²) in [6.45, 7) is 2.40. The number of carbonyl (C=O) groups excluding carboxylic acids is 1. The summed E-state index contributed by atoms with van der Waals surface area (Å²) < 4.78 is 27.2. The number of rotatable bonds is 5. The van der Waals surface area contributed by atoms with Crippen LogP contribution in [-0.2, 0) is 0 Å². The number of benzene rings is 1. The lowest BCUT2D eigenvalue weighted by Crippen LogP contribution is -2.42. The summed E-state index contributed by atoms with van der Waals surface area (Å²) in [5.74, 6) is -1.46. The van der Waals surface area contributed by atoms with Crippen LogP contribution < -0.4 is 5.32 Å². The van der Waals surface area contributed by atoms with Crippen molar-refractivity contribution < 1.29 is 18.7 Å². The van der Waals surface area contributed by atoms with E-state index in [2.05, 4.69) is 5.32 Å². The molecule has 1 aromatic carbocycles. The third-order valence-corrected chi connectivity index (χ3v) is 3.51. The van der Waals surface area contributed by atoms with E-state index in [1.165, 1.54) is 23.1 Å². The van der Waals surface area contributed by atoms with E-state index in [-0.39, 0.29) is 36.7 Å². The average Bonchev–Trinajstić information content (AvgIpc) is 3.14. The van der Waals surface area contributed by atoms with Gasteiger partial charge in [0, 0.05) is 30.6 Å². The van der Waals surface area contributed by atoms with E-state index in [9.17, 15) is 13.6 Å². The van der Waals surface area contributed by atoms with Crippen molar-refractivity contribution in [3.63, 3.8) is 0 Å². The molecule has 2 atom stereocenters. The van der Waals surface area contributed by atoms with Crippen molar-refractivity contribution in [2.24, 2.45) is 0 Å². The lowest BCUT2D eigenvalue weighted by atomic mass is 10.1.